The van der Waals surface area contributed by atoms with E-state index in [2.05, 4.69) is 36.2 Å². The Bertz CT molecular complexity index is 364. The maximum absolute atomic E-state index is 10.6. The monoisotopic (exact) mass is 313 g/mol. The molecule has 0 aromatic carbocycles. The fraction of sp³-hybridized carbons (Fsp3) is 0.833. The third kappa shape index (κ3) is 12.2. The number of rotatable bonds is 8. The fourth-order valence-corrected chi connectivity index (χ4v) is 1.83. The van der Waals surface area contributed by atoms with E-state index in [9.17, 15) is 8.37 Å². The van der Waals surface area contributed by atoms with Gasteiger partial charge in [0.1, 0.15) is 0 Å². The van der Waals surface area contributed by atoms with Gasteiger partial charge in [-0.2, -0.15) is 8.42 Å². The van der Waals surface area contributed by atoms with Crippen LogP contribution in [0.1, 0.15) is 45.4 Å². The summed E-state index contributed by atoms with van der Waals surface area (Å²) in [5.41, 5.74) is 0. The van der Waals surface area contributed by atoms with E-state index < -0.39 is 10.4 Å². The minimum atomic E-state index is -5.08. The summed E-state index contributed by atoms with van der Waals surface area (Å²) in [5, 5.41) is 0. The molecule has 5 nitrogen and oxygen atoms in total. The molecule has 0 fully saturated rings. The molecule has 1 aliphatic rings. The van der Waals surface area contributed by atoms with Crippen LogP contribution < -0.4 is 4.94 Å². The quantitative estimate of drug-likeness (QED) is 0.425. The Morgan fingerprint density at radius 2 is 1.70 bits per heavy atom. The second-order valence-electron chi connectivity index (χ2n) is 4.79. The second-order valence-corrected chi connectivity index (χ2v) is 5.82. The van der Waals surface area contributed by atoms with Gasteiger partial charge in [0, 0.05) is 26.0 Å². The van der Waals surface area contributed by atoms with Crippen LogP contribution in [0.25, 0.3) is 0 Å². The topological polar surface area (TPSA) is 52.7 Å². The molecule has 0 saturated heterocycles. The summed E-state index contributed by atoms with van der Waals surface area (Å²) in [5.74, 6) is 0. The molecule has 1 N–H and O–H groups in total. The highest BCUT2D eigenvalue weighted by Gasteiger charge is 2.06. The summed E-state index contributed by atoms with van der Waals surface area (Å²) >= 11 is 0. The Morgan fingerprint density at radius 3 is 2.15 bits per heavy atom. The van der Waals surface area contributed by atoms with Gasteiger partial charge >= 0.3 is 10.4 Å². The molecule has 0 aliphatic carbocycles. The number of unbranched alkanes of at least 4 members (excludes halogenated alkanes) is 5. The molecule has 0 spiro atoms. The lowest BCUT2D eigenvalue weighted by atomic mass is 10.1. The van der Waals surface area contributed by atoms with Crippen LogP contribution in [0.4, 0.5) is 8.37 Å². The second kappa shape index (κ2) is 10.8. The third-order valence-electron chi connectivity index (χ3n) is 2.83. The van der Waals surface area contributed by atoms with Crippen molar-refractivity contribution in [2.75, 3.05) is 20.3 Å². The van der Waals surface area contributed by atoms with Crippen LogP contribution in [-0.2, 0) is 10.4 Å². The Balaban J connectivity index is 0.000000511. The van der Waals surface area contributed by atoms with Crippen molar-refractivity contribution in [3.05, 3.63) is 12.4 Å². The molecule has 20 heavy (non-hydrogen) atoms. The molecule has 0 aromatic heterocycles. The molecule has 8 heteroatoms. The minimum Gasteiger partial charge on any atom is -0.362 e. The van der Waals surface area contributed by atoms with Crippen molar-refractivity contribution in [3.8, 4) is 0 Å². The van der Waals surface area contributed by atoms with Crippen LogP contribution in [0.15, 0.2) is 12.4 Å². The minimum absolute atomic E-state index is 0.0903. The van der Waals surface area contributed by atoms with Gasteiger partial charge in [-0.15, -0.1) is 4.48 Å². The molecule has 1 aliphatic heterocycles. The van der Waals surface area contributed by atoms with Crippen molar-refractivity contribution in [1.82, 2.24) is 14.7 Å². The van der Waals surface area contributed by atoms with E-state index in [-0.39, 0.29) is 4.94 Å². The maximum Gasteiger partial charge on any atom is 0.398 e. The lowest BCUT2D eigenvalue weighted by Gasteiger charge is -2.17. The molecule has 0 saturated carbocycles. The number of halogens is 2. The fourth-order valence-electron chi connectivity index (χ4n) is 1.83. The Hall–Kier alpha value is -0.890. The summed E-state index contributed by atoms with van der Waals surface area (Å²) in [6.07, 6.45) is 12.7. The summed E-state index contributed by atoms with van der Waals surface area (Å²) in [4.78, 5) is 4.52. The van der Waals surface area contributed by atoms with Crippen LogP contribution in [0.2, 0.25) is 0 Å². The summed E-state index contributed by atoms with van der Waals surface area (Å²) < 4.78 is 38.6. The average Bonchev–Trinajstić information content (AvgIpc) is 2.79. The Labute approximate surface area is 120 Å². The van der Waals surface area contributed by atoms with E-state index >= 15 is 0 Å². The Morgan fingerprint density at radius 1 is 1.15 bits per heavy atom. The van der Waals surface area contributed by atoms with E-state index in [4.69, 9.17) is 8.42 Å². The first kappa shape index (κ1) is 19.1. The van der Waals surface area contributed by atoms with E-state index in [1.807, 2.05) is 0 Å². The van der Waals surface area contributed by atoms with E-state index in [0.717, 1.165) is 6.67 Å². The van der Waals surface area contributed by atoms with Gasteiger partial charge < -0.3 is 9.80 Å². The van der Waals surface area contributed by atoms with Crippen LogP contribution in [0.5, 0.6) is 0 Å². The molecule has 120 valence electrons. The number of hydrogen-bond acceptors (Lipinski definition) is 4. The number of hydrogen-bond donors (Lipinski definition) is 1. The smallest absolute Gasteiger partial charge is 0.362 e. The van der Waals surface area contributed by atoms with Crippen molar-refractivity contribution in [1.29, 1.82) is 0 Å². The highest BCUT2D eigenvalue weighted by atomic mass is 32.3. The number of nitrogens with one attached hydrogen (secondary N) is 1. The highest BCUT2D eigenvalue weighted by Crippen LogP contribution is 2.08. The largest absolute Gasteiger partial charge is 0.398 e. The lowest BCUT2D eigenvalue weighted by Crippen LogP contribution is -2.23. The standard InChI is InChI=1S/C12H24N2.F2HNO2S/c1-3-4-5-6-7-8-9-14-11-10-13(2)12-14;1-3-6(2,4)5/h10-11H,3-9,12H2,1-2H3;3H. The van der Waals surface area contributed by atoms with Crippen molar-refractivity contribution >= 4 is 10.4 Å². The Kier molecular flexibility index (Phi) is 10.4. The molecule has 1 heterocycles. The molecule has 0 atom stereocenters. The molecule has 0 unspecified atom stereocenters. The SMILES string of the molecule is CCCCCCCCN1C=CN(C)C1.O=S(=O)(F)NF. The van der Waals surface area contributed by atoms with E-state index in [1.165, 1.54) is 45.1 Å². The van der Waals surface area contributed by atoms with Crippen LogP contribution >= 0.6 is 0 Å². The first-order valence-electron chi connectivity index (χ1n) is 6.83. The third-order valence-corrected chi connectivity index (χ3v) is 3.01. The molecule has 1 rings (SSSR count). The molecular weight excluding hydrogens is 288 g/mol. The first-order valence-corrected chi connectivity index (χ1v) is 8.22. The molecular formula is C12H25F2N3O2S. The van der Waals surface area contributed by atoms with Gasteiger partial charge in [-0.1, -0.05) is 42.9 Å². The molecule has 0 radical (unpaired) electrons. The van der Waals surface area contributed by atoms with Gasteiger partial charge in [0.25, 0.3) is 0 Å². The van der Waals surface area contributed by atoms with Crippen molar-refractivity contribution in [3.63, 3.8) is 0 Å². The zero-order chi connectivity index (χ0) is 15.4. The predicted molar refractivity (Wildman–Crippen MR) is 76.1 cm³/mol. The molecule has 0 amide bonds. The van der Waals surface area contributed by atoms with Gasteiger partial charge in [-0.25, -0.2) is 0 Å². The van der Waals surface area contributed by atoms with Crippen molar-refractivity contribution in [2.24, 2.45) is 0 Å². The predicted octanol–water partition coefficient (Wildman–Crippen LogP) is 2.70. The van der Waals surface area contributed by atoms with Gasteiger partial charge in [0.15, 0.2) is 0 Å². The van der Waals surface area contributed by atoms with Gasteiger partial charge in [0.05, 0.1) is 6.67 Å². The number of nitrogens with zero attached hydrogens (tertiary/aromatic N) is 2. The van der Waals surface area contributed by atoms with E-state index in [0.29, 0.717) is 0 Å². The zero-order valence-corrected chi connectivity index (χ0v) is 13.0. The first-order chi connectivity index (χ1) is 9.39. The van der Waals surface area contributed by atoms with Crippen LogP contribution in [0, 0.1) is 0 Å². The highest BCUT2D eigenvalue weighted by molar-refractivity contribution is 7.84. The van der Waals surface area contributed by atoms with Gasteiger partial charge in [0.2, 0.25) is 0 Å². The van der Waals surface area contributed by atoms with Gasteiger partial charge in [-0.05, 0) is 11.4 Å². The summed E-state index contributed by atoms with van der Waals surface area (Å²) in [6.45, 7) is 4.58. The average molecular weight is 313 g/mol. The van der Waals surface area contributed by atoms with Crippen molar-refractivity contribution in [2.45, 2.75) is 45.4 Å². The maximum atomic E-state index is 10.6. The van der Waals surface area contributed by atoms with Gasteiger partial charge in [-0.3, -0.25) is 0 Å². The molecule has 0 aromatic rings. The van der Waals surface area contributed by atoms with Crippen molar-refractivity contribution < 1.29 is 16.8 Å². The summed E-state index contributed by atoms with van der Waals surface area (Å²) in [6, 6.07) is 0. The van der Waals surface area contributed by atoms with E-state index in [1.54, 1.807) is 0 Å². The molecule has 0 bridgehead atoms. The van der Waals surface area contributed by atoms with Crippen LogP contribution in [0.3, 0.4) is 0 Å². The lowest BCUT2D eigenvalue weighted by molar-refractivity contribution is 0.290. The normalized spacial score (nSPS) is 14.4. The zero-order valence-electron chi connectivity index (χ0n) is 12.2. The van der Waals surface area contributed by atoms with Crippen LogP contribution in [-0.4, -0.2) is 38.5 Å². The summed E-state index contributed by atoms with van der Waals surface area (Å²) in [7, 11) is -2.96.